The monoisotopic (exact) mass is 831 g/mol. The molecule has 0 unspecified atom stereocenters. The smallest absolute Gasteiger partial charge is 0.135 e. The van der Waals surface area contributed by atoms with Crippen molar-refractivity contribution < 1.29 is 8.83 Å². The Morgan fingerprint density at radius 1 is 0.338 bits per heavy atom. The summed E-state index contributed by atoms with van der Waals surface area (Å²) in [7, 11) is 0. The minimum Gasteiger partial charge on any atom is -0.456 e. The van der Waals surface area contributed by atoms with Crippen LogP contribution in [0.4, 0.5) is 0 Å². The van der Waals surface area contributed by atoms with E-state index < -0.39 is 0 Å². The number of aromatic nitrogens is 3. The van der Waals surface area contributed by atoms with Crippen molar-refractivity contribution in [2.24, 2.45) is 0 Å². The molecule has 65 heavy (non-hydrogen) atoms. The van der Waals surface area contributed by atoms with Crippen molar-refractivity contribution in [2.45, 2.75) is 0 Å². The third kappa shape index (κ3) is 4.92. The van der Waals surface area contributed by atoms with Gasteiger partial charge in [0.05, 0.1) is 33.1 Å². The molecule has 0 bridgehead atoms. The lowest BCUT2D eigenvalue weighted by atomic mass is 10.00. The van der Waals surface area contributed by atoms with E-state index in [1.807, 2.05) is 12.1 Å². The summed E-state index contributed by atoms with van der Waals surface area (Å²) in [5.74, 6) is 0.729. The third-order valence-electron chi connectivity index (χ3n) is 13.6. The maximum Gasteiger partial charge on any atom is 0.135 e. The van der Waals surface area contributed by atoms with Gasteiger partial charge in [0.1, 0.15) is 22.5 Å². The Balaban J connectivity index is 1.04. The average Bonchev–Trinajstić information content (AvgIpc) is 4.17. The molecule has 5 heteroatoms. The molecule has 14 aromatic rings. The molecular formula is C60H37N3O2. The molecule has 14 rings (SSSR count). The first-order valence-corrected chi connectivity index (χ1v) is 22.0. The number of hydrogen-bond donors (Lipinski definition) is 0. The van der Waals surface area contributed by atoms with Crippen LogP contribution in [0.1, 0.15) is 11.3 Å². The predicted octanol–water partition coefficient (Wildman–Crippen LogP) is 16.6. The predicted molar refractivity (Wildman–Crippen MR) is 272 cm³/mol. The molecule has 0 aliphatic rings. The molecule has 5 heterocycles. The summed E-state index contributed by atoms with van der Waals surface area (Å²) in [6, 6.07) is 67.9. The molecule has 0 saturated carbocycles. The number of furan rings is 2. The van der Waals surface area contributed by atoms with Gasteiger partial charge in [-0.1, -0.05) is 116 Å². The summed E-state index contributed by atoms with van der Waals surface area (Å²) < 4.78 is 19.9. The number of para-hydroxylation sites is 4. The number of hydrogen-bond acceptors (Lipinski definition) is 2. The molecule has 0 spiro atoms. The van der Waals surface area contributed by atoms with Crippen molar-refractivity contribution in [3.05, 3.63) is 213 Å². The summed E-state index contributed by atoms with van der Waals surface area (Å²) in [4.78, 5) is 0. The van der Waals surface area contributed by atoms with Gasteiger partial charge in [0.25, 0.3) is 0 Å². The average molecular weight is 832 g/mol. The van der Waals surface area contributed by atoms with Gasteiger partial charge in [-0.3, -0.25) is 0 Å². The van der Waals surface area contributed by atoms with Gasteiger partial charge in [-0.25, -0.2) is 0 Å². The lowest BCUT2D eigenvalue weighted by Gasteiger charge is -2.11. The molecule has 0 aliphatic heterocycles. The summed E-state index contributed by atoms with van der Waals surface area (Å²) in [5.41, 5.74) is 16.0. The van der Waals surface area contributed by atoms with Gasteiger partial charge in [0.2, 0.25) is 0 Å². The second-order valence-electron chi connectivity index (χ2n) is 16.9. The van der Waals surface area contributed by atoms with Crippen molar-refractivity contribution in [1.29, 1.82) is 0 Å². The highest BCUT2D eigenvalue weighted by Crippen LogP contribution is 2.47. The van der Waals surface area contributed by atoms with Crippen LogP contribution >= 0.6 is 0 Å². The van der Waals surface area contributed by atoms with E-state index in [1.54, 1.807) is 6.08 Å². The van der Waals surface area contributed by atoms with Crippen molar-refractivity contribution in [2.75, 3.05) is 0 Å². The Kier molecular flexibility index (Phi) is 7.35. The van der Waals surface area contributed by atoms with Crippen LogP contribution in [0, 0.1) is 0 Å². The van der Waals surface area contributed by atoms with E-state index in [4.69, 9.17) is 8.83 Å². The first kappa shape index (κ1) is 35.8. The number of fused-ring (bicyclic) bond motifs is 15. The van der Waals surface area contributed by atoms with Crippen LogP contribution in [0.5, 0.6) is 0 Å². The first-order valence-electron chi connectivity index (χ1n) is 22.0. The highest BCUT2D eigenvalue weighted by Gasteiger charge is 2.25. The molecule has 0 fully saturated rings. The fourth-order valence-corrected chi connectivity index (χ4v) is 10.8. The van der Waals surface area contributed by atoms with Crippen molar-refractivity contribution in [3.63, 3.8) is 0 Å². The molecule has 5 aromatic heterocycles. The van der Waals surface area contributed by atoms with E-state index >= 15 is 0 Å². The SMILES string of the molecule is C=Cc1oc2ccc(-c3ccc4oc5ccc(-n6c7ccccc7c7c6ccc6c8ccc9c(c%10ccccc%10n9-c9ccccc9)c8n(-c8ccccc8)c67)cc5c4c3)cc2c1C=C. The molecular weight excluding hydrogens is 795 g/mol. The Bertz CT molecular complexity index is 4320. The Labute approximate surface area is 372 Å². The van der Waals surface area contributed by atoms with Gasteiger partial charge in [0.15, 0.2) is 0 Å². The van der Waals surface area contributed by atoms with Crippen LogP contribution in [0.15, 0.2) is 210 Å². The van der Waals surface area contributed by atoms with Gasteiger partial charge >= 0.3 is 0 Å². The lowest BCUT2D eigenvalue weighted by molar-refractivity contribution is 0.603. The Morgan fingerprint density at radius 2 is 0.831 bits per heavy atom. The van der Waals surface area contributed by atoms with Crippen molar-refractivity contribution >= 4 is 110 Å². The lowest BCUT2D eigenvalue weighted by Crippen LogP contribution is -1.96. The van der Waals surface area contributed by atoms with Crippen LogP contribution in [-0.4, -0.2) is 13.7 Å². The second-order valence-corrected chi connectivity index (χ2v) is 16.9. The second kappa shape index (κ2) is 13.4. The maximum absolute atomic E-state index is 6.51. The molecule has 0 N–H and O–H groups in total. The van der Waals surface area contributed by atoms with Crippen LogP contribution < -0.4 is 0 Å². The summed E-state index contributed by atoms with van der Waals surface area (Å²) in [6.45, 7) is 7.99. The van der Waals surface area contributed by atoms with Crippen molar-refractivity contribution in [1.82, 2.24) is 13.7 Å². The summed E-state index contributed by atoms with van der Waals surface area (Å²) in [6.07, 6.45) is 3.58. The summed E-state index contributed by atoms with van der Waals surface area (Å²) >= 11 is 0. The Hall–Kier alpha value is -8.80. The first-order chi connectivity index (χ1) is 32.2. The minimum atomic E-state index is 0.729. The zero-order valence-corrected chi connectivity index (χ0v) is 35.1. The van der Waals surface area contributed by atoms with Crippen LogP contribution in [0.25, 0.3) is 139 Å². The number of nitrogens with zero attached hydrogens (tertiary/aromatic N) is 3. The molecule has 304 valence electrons. The van der Waals surface area contributed by atoms with E-state index in [1.165, 1.54) is 54.4 Å². The fourth-order valence-electron chi connectivity index (χ4n) is 10.8. The zero-order valence-electron chi connectivity index (χ0n) is 35.1. The summed E-state index contributed by atoms with van der Waals surface area (Å²) in [5, 5.41) is 10.5. The largest absolute Gasteiger partial charge is 0.456 e. The third-order valence-corrected chi connectivity index (χ3v) is 13.6. The Morgan fingerprint density at radius 3 is 1.42 bits per heavy atom. The highest BCUT2D eigenvalue weighted by atomic mass is 16.3. The fraction of sp³-hybridized carbons (Fsp3) is 0. The normalized spacial score (nSPS) is 12.1. The molecule has 0 atom stereocenters. The van der Waals surface area contributed by atoms with E-state index in [2.05, 4.69) is 209 Å². The number of benzene rings is 9. The van der Waals surface area contributed by atoms with Gasteiger partial charge in [0, 0.05) is 71.1 Å². The van der Waals surface area contributed by atoms with E-state index in [-0.39, 0.29) is 0 Å². The van der Waals surface area contributed by atoms with E-state index in [0.29, 0.717) is 0 Å². The molecule has 0 aliphatic carbocycles. The maximum atomic E-state index is 6.51. The molecule has 0 radical (unpaired) electrons. The van der Waals surface area contributed by atoms with Gasteiger partial charge in [-0.15, -0.1) is 0 Å². The van der Waals surface area contributed by atoms with Gasteiger partial charge < -0.3 is 22.5 Å². The van der Waals surface area contributed by atoms with Crippen LogP contribution in [-0.2, 0) is 0 Å². The standard InChI is InChI=1S/C60H37N3O2/c1-3-41-46-33-36(23-30-54(46)64-53(41)4-2)37-24-31-55-47(34-37)48-35-40(25-32-56(48)65-55)62-50-22-14-12-20-45(50)58-52(62)29-27-43-42-26-28-51-57(59(42)63(60(43)58)39-17-9-6-10-18-39)44-19-11-13-21-49(44)61(51)38-15-7-5-8-16-38/h3-35H,1-2H2. The van der Waals surface area contributed by atoms with Crippen molar-refractivity contribution in [3.8, 4) is 28.2 Å². The van der Waals surface area contributed by atoms with Crippen LogP contribution in [0.2, 0.25) is 0 Å². The topological polar surface area (TPSA) is 41.1 Å². The molecule has 9 aromatic carbocycles. The molecule has 5 nitrogen and oxygen atoms in total. The minimum absolute atomic E-state index is 0.729. The van der Waals surface area contributed by atoms with E-state index in [0.717, 1.165) is 83.5 Å². The van der Waals surface area contributed by atoms with Gasteiger partial charge in [-0.2, -0.15) is 0 Å². The highest BCUT2D eigenvalue weighted by molar-refractivity contribution is 6.31. The quantitative estimate of drug-likeness (QED) is 0.167. The molecule has 0 amide bonds. The molecule has 0 saturated heterocycles. The van der Waals surface area contributed by atoms with Gasteiger partial charge in [-0.05, 0) is 108 Å². The van der Waals surface area contributed by atoms with Crippen LogP contribution in [0.3, 0.4) is 0 Å². The number of rotatable bonds is 6. The van der Waals surface area contributed by atoms with E-state index in [9.17, 15) is 0 Å². The zero-order chi connectivity index (χ0) is 42.9.